The fourth-order valence-corrected chi connectivity index (χ4v) is 1.47. The predicted molar refractivity (Wildman–Crippen MR) is 67.3 cm³/mol. The van der Waals surface area contributed by atoms with Gasteiger partial charge in [-0.2, -0.15) is 0 Å². The Hall–Kier alpha value is -2.64. The van der Waals surface area contributed by atoms with Gasteiger partial charge in [0.05, 0.1) is 13.7 Å². The fraction of sp³-hybridized carbons (Fsp3) is 0.333. The second kappa shape index (κ2) is 7.72. The van der Waals surface area contributed by atoms with Gasteiger partial charge in [-0.25, -0.2) is 4.79 Å². The molecule has 1 aromatic rings. The summed E-state index contributed by atoms with van der Waals surface area (Å²) >= 11 is 0. The fourth-order valence-electron chi connectivity index (χ4n) is 1.47. The Morgan fingerprint density at radius 2 is 2.00 bits per heavy atom. The third-order valence-electron chi connectivity index (χ3n) is 2.43. The molecule has 0 spiro atoms. The second-order valence-corrected chi connectivity index (χ2v) is 3.76. The van der Waals surface area contributed by atoms with Crippen molar-refractivity contribution in [3.8, 4) is 0 Å². The van der Waals surface area contributed by atoms with Crippen LogP contribution in [0.3, 0.4) is 0 Å². The lowest BCUT2D eigenvalue weighted by molar-refractivity contribution is -0.757. The van der Waals surface area contributed by atoms with Crippen LogP contribution in [0.2, 0.25) is 0 Å². The van der Waals surface area contributed by atoms with Gasteiger partial charge in [0, 0.05) is 12.0 Å². The zero-order chi connectivity index (χ0) is 15.0. The van der Waals surface area contributed by atoms with E-state index in [1.165, 1.54) is 7.11 Å². The normalized spacial score (nSPS) is 11.2. The molecule has 0 saturated heterocycles. The molecule has 0 radical (unpaired) electrons. The highest BCUT2D eigenvalue weighted by Crippen LogP contribution is 2.02. The number of esters is 1. The third-order valence-corrected chi connectivity index (χ3v) is 2.43. The largest absolute Gasteiger partial charge is 0.467 e. The first kappa shape index (κ1) is 15.4. The second-order valence-electron chi connectivity index (χ2n) is 3.76. The van der Waals surface area contributed by atoms with E-state index in [1.807, 2.05) is 0 Å². The van der Waals surface area contributed by atoms with E-state index in [0.717, 1.165) is 0 Å². The lowest BCUT2D eigenvalue weighted by atomic mass is 10.1. The molecule has 0 bridgehead atoms. The van der Waals surface area contributed by atoms with Crippen molar-refractivity contribution in [1.29, 1.82) is 0 Å². The number of methoxy groups -OCH3 is 1. The number of rotatable bonds is 7. The molecule has 0 heterocycles. The molecule has 108 valence electrons. The predicted octanol–water partition coefficient (Wildman–Crippen LogP) is 0.556. The van der Waals surface area contributed by atoms with Crippen molar-refractivity contribution < 1.29 is 24.3 Å². The molecule has 0 fully saturated rings. The molecule has 1 rings (SSSR count). The van der Waals surface area contributed by atoms with Gasteiger partial charge >= 0.3 is 5.97 Å². The lowest BCUT2D eigenvalue weighted by Crippen LogP contribution is -2.42. The molecule has 1 amide bonds. The summed E-state index contributed by atoms with van der Waals surface area (Å²) in [5, 5.41) is 11.5. The lowest BCUT2D eigenvalue weighted by Gasteiger charge is -2.15. The van der Waals surface area contributed by atoms with Crippen molar-refractivity contribution in [2.75, 3.05) is 13.7 Å². The van der Waals surface area contributed by atoms with Crippen LogP contribution >= 0.6 is 0 Å². The van der Waals surface area contributed by atoms with Gasteiger partial charge in [-0.3, -0.25) is 4.79 Å². The number of carbonyl (C=O) groups is 2. The van der Waals surface area contributed by atoms with Crippen molar-refractivity contribution in [2.45, 2.75) is 12.5 Å². The first-order valence-electron chi connectivity index (χ1n) is 5.75. The molecule has 0 aliphatic carbocycles. The molecule has 20 heavy (non-hydrogen) atoms. The van der Waals surface area contributed by atoms with E-state index >= 15 is 0 Å². The van der Waals surface area contributed by atoms with Crippen LogP contribution in [0.1, 0.15) is 16.8 Å². The summed E-state index contributed by atoms with van der Waals surface area (Å²) in [5.41, 5.74) is 0.372. The summed E-state index contributed by atoms with van der Waals surface area (Å²) < 4.78 is 4.53. The van der Waals surface area contributed by atoms with Gasteiger partial charge < -0.3 is 14.9 Å². The van der Waals surface area contributed by atoms with E-state index in [1.54, 1.807) is 30.3 Å². The molecule has 0 saturated carbocycles. The van der Waals surface area contributed by atoms with Crippen LogP contribution in [0.15, 0.2) is 30.3 Å². The molecular weight excluding hydrogens is 268 g/mol. The highest BCUT2D eigenvalue weighted by Gasteiger charge is 2.22. The molecule has 1 N–H and O–H groups in total. The molecular formula is C12H14N2O6. The van der Waals surface area contributed by atoms with Gasteiger partial charge in [-0.1, -0.05) is 18.2 Å². The van der Waals surface area contributed by atoms with E-state index < -0.39 is 23.0 Å². The van der Waals surface area contributed by atoms with Crippen LogP contribution in [0.4, 0.5) is 0 Å². The number of carbonyl (C=O) groups excluding carboxylic acids is 2. The molecule has 0 aromatic heterocycles. The Morgan fingerprint density at radius 3 is 2.55 bits per heavy atom. The Bertz CT molecular complexity index is 476. The van der Waals surface area contributed by atoms with Crippen LogP contribution in [0.5, 0.6) is 0 Å². The molecule has 8 heteroatoms. The van der Waals surface area contributed by atoms with E-state index in [2.05, 4.69) is 14.9 Å². The summed E-state index contributed by atoms with van der Waals surface area (Å²) in [6.07, 6.45) is -0.0633. The van der Waals surface area contributed by atoms with Crippen molar-refractivity contribution in [3.63, 3.8) is 0 Å². The van der Waals surface area contributed by atoms with Crippen LogP contribution in [0, 0.1) is 10.1 Å². The molecule has 8 nitrogen and oxygen atoms in total. The van der Waals surface area contributed by atoms with Crippen LogP contribution in [-0.2, 0) is 14.4 Å². The summed E-state index contributed by atoms with van der Waals surface area (Å²) in [6, 6.07) is 7.26. The van der Waals surface area contributed by atoms with Gasteiger partial charge in [0.2, 0.25) is 0 Å². The number of nitrogens with one attached hydrogen (secondary N) is 1. The smallest absolute Gasteiger partial charge is 0.328 e. The number of amides is 1. The zero-order valence-electron chi connectivity index (χ0n) is 10.8. The summed E-state index contributed by atoms with van der Waals surface area (Å²) in [7, 11) is 1.17. The number of hydrogen-bond donors (Lipinski definition) is 1. The Balaban J connectivity index is 2.62. The highest BCUT2D eigenvalue weighted by molar-refractivity contribution is 5.96. The van der Waals surface area contributed by atoms with Gasteiger partial charge in [0.1, 0.15) is 6.04 Å². The molecule has 1 unspecified atom stereocenters. The summed E-state index contributed by atoms with van der Waals surface area (Å²) in [6.45, 7) is -0.318. The monoisotopic (exact) mass is 282 g/mol. The third kappa shape index (κ3) is 4.92. The minimum absolute atomic E-state index is 0.0633. The van der Waals surface area contributed by atoms with Gasteiger partial charge in [0.15, 0.2) is 0 Å². The number of benzene rings is 1. The standard InChI is InChI=1S/C12H14N2O6/c1-19-12(16)10(7-8-20-14(17)18)13-11(15)9-5-3-2-4-6-9/h2-6,10H,7-8H2,1H3,(H,13,15). The Morgan fingerprint density at radius 1 is 1.35 bits per heavy atom. The number of nitrogens with zero attached hydrogens (tertiary/aromatic N) is 1. The number of ether oxygens (including phenoxy) is 1. The van der Waals surface area contributed by atoms with E-state index in [9.17, 15) is 19.7 Å². The van der Waals surface area contributed by atoms with Gasteiger partial charge in [0.25, 0.3) is 11.0 Å². The Labute approximate surface area is 114 Å². The van der Waals surface area contributed by atoms with E-state index in [4.69, 9.17) is 0 Å². The van der Waals surface area contributed by atoms with Crippen molar-refractivity contribution in [3.05, 3.63) is 46.0 Å². The average Bonchev–Trinajstić information content (AvgIpc) is 2.45. The maximum Gasteiger partial charge on any atom is 0.328 e. The maximum atomic E-state index is 11.9. The van der Waals surface area contributed by atoms with Gasteiger partial charge in [-0.15, -0.1) is 10.1 Å². The average molecular weight is 282 g/mol. The highest BCUT2D eigenvalue weighted by atomic mass is 16.9. The van der Waals surface area contributed by atoms with Crippen molar-refractivity contribution in [2.24, 2.45) is 0 Å². The van der Waals surface area contributed by atoms with E-state index in [-0.39, 0.29) is 13.0 Å². The maximum absolute atomic E-state index is 11.9. The van der Waals surface area contributed by atoms with Crippen molar-refractivity contribution >= 4 is 11.9 Å². The Kier molecular flexibility index (Phi) is 5.95. The minimum Gasteiger partial charge on any atom is -0.467 e. The summed E-state index contributed by atoms with van der Waals surface area (Å²) in [5.74, 6) is -1.16. The van der Waals surface area contributed by atoms with Crippen LogP contribution in [0.25, 0.3) is 0 Å². The van der Waals surface area contributed by atoms with Crippen LogP contribution in [-0.4, -0.2) is 36.7 Å². The first-order chi connectivity index (χ1) is 9.54. The van der Waals surface area contributed by atoms with Crippen LogP contribution < -0.4 is 5.32 Å². The number of hydrogen-bond acceptors (Lipinski definition) is 6. The molecule has 1 aromatic carbocycles. The molecule has 0 aliphatic rings. The summed E-state index contributed by atoms with van der Waals surface area (Å²) in [4.78, 5) is 37.5. The van der Waals surface area contributed by atoms with Crippen molar-refractivity contribution in [1.82, 2.24) is 5.32 Å². The first-order valence-corrected chi connectivity index (χ1v) is 5.75. The van der Waals surface area contributed by atoms with E-state index in [0.29, 0.717) is 5.56 Å². The quantitative estimate of drug-likeness (QED) is 0.444. The SMILES string of the molecule is COC(=O)C(CCO[N+](=O)[O-])NC(=O)c1ccccc1. The zero-order valence-corrected chi connectivity index (χ0v) is 10.8. The topological polar surface area (TPSA) is 108 Å². The molecule has 1 atom stereocenters. The minimum atomic E-state index is -1.01. The molecule has 0 aliphatic heterocycles. The van der Waals surface area contributed by atoms with Gasteiger partial charge in [-0.05, 0) is 12.1 Å².